The van der Waals surface area contributed by atoms with Crippen LogP contribution < -0.4 is 5.32 Å². The molecule has 5 heteroatoms. The molecular formula is C22H29N3O2. The highest BCUT2D eigenvalue weighted by atomic mass is 16.2. The standard InChI is InChI=1S/C22H29N3O2/c1-22(2,3)25(15-18-11-7-5-8-12-18)21(27)17-24(4)16-20(26)23-19-13-9-6-10-14-19/h5-14H,15-17H2,1-4H3,(H,23,26). The monoisotopic (exact) mass is 367 g/mol. The fraction of sp³-hybridized carbons (Fsp3) is 0.364. The number of nitrogens with one attached hydrogen (secondary N) is 1. The van der Waals surface area contributed by atoms with Crippen LogP contribution in [0.5, 0.6) is 0 Å². The number of carbonyl (C=O) groups excluding carboxylic acids is 2. The number of anilines is 1. The van der Waals surface area contributed by atoms with E-state index in [1.54, 1.807) is 11.9 Å². The van der Waals surface area contributed by atoms with Gasteiger partial charge in [-0.15, -0.1) is 0 Å². The Morgan fingerprint density at radius 1 is 0.889 bits per heavy atom. The number of hydrogen-bond acceptors (Lipinski definition) is 3. The smallest absolute Gasteiger partial charge is 0.238 e. The van der Waals surface area contributed by atoms with Crippen molar-refractivity contribution in [1.82, 2.24) is 9.80 Å². The normalized spacial score (nSPS) is 11.3. The van der Waals surface area contributed by atoms with E-state index >= 15 is 0 Å². The molecule has 0 atom stereocenters. The predicted molar refractivity (Wildman–Crippen MR) is 109 cm³/mol. The number of likely N-dealkylation sites (N-methyl/N-ethyl adjacent to an activating group) is 1. The topological polar surface area (TPSA) is 52.7 Å². The molecule has 0 aliphatic carbocycles. The van der Waals surface area contributed by atoms with Crippen molar-refractivity contribution in [2.24, 2.45) is 0 Å². The maximum absolute atomic E-state index is 12.9. The van der Waals surface area contributed by atoms with Crippen LogP contribution in [0.2, 0.25) is 0 Å². The number of para-hydroxylation sites is 1. The number of benzene rings is 2. The third kappa shape index (κ3) is 6.87. The third-order valence-electron chi connectivity index (χ3n) is 4.17. The van der Waals surface area contributed by atoms with Crippen LogP contribution in [0.25, 0.3) is 0 Å². The minimum Gasteiger partial charge on any atom is -0.332 e. The molecule has 0 fully saturated rings. The molecule has 0 spiro atoms. The molecule has 2 rings (SSSR count). The number of rotatable bonds is 7. The summed E-state index contributed by atoms with van der Waals surface area (Å²) in [5.41, 5.74) is 1.54. The SMILES string of the molecule is CN(CC(=O)Nc1ccccc1)CC(=O)N(Cc1ccccc1)C(C)(C)C. The van der Waals surface area contributed by atoms with Crippen LogP contribution in [0.1, 0.15) is 26.3 Å². The quantitative estimate of drug-likeness (QED) is 0.816. The van der Waals surface area contributed by atoms with E-state index in [-0.39, 0.29) is 30.4 Å². The summed E-state index contributed by atoms with van der Waals surface area (Å²) in [7, 11) is 1.78. The fourth-order valence-corrected chi connectivity index (χ4v) is 2.80. The summed E-state index contributed by atoms with van der Waals surface area (Å²) in [5.74, 6) is -0.136. The molecule has 2 aromatic carbocycles. The Hall–Kier alpha value is -2.66. The predicted octanol–water partition coefficient (Wildman–Crippen LogP) is 3.38. The molecule has 2 aromatic rings. The van der Waals surface area contributed by atoms with E-state index in [1.807, 2.05) is 86.3 Å². The molecule has 1 N–H and O–H groups in total. The van der Waals surface area contributed by atoms with Crippen molar-refractivity contribution in [1.29, 1.82) is 0 Å². The molecule has 0 saturated heterocycles. The van der Waals surface area contributed by atoms with Gasteiger partial charge in [0.1, 0.15) is 0 Å². The van der Waals surface area contributed by atoms with E-state index in [9.17, 15) is 9.59 Å². The lowest BCUT2D eigenvalue weighted by Gasteiger charge is -2.37. The highest BCUT2D eigenvalue weighted by Gasteiger charge is 2.27. The molecule has 27 heavy (non-hydrogen) atoms. The van der Waals surface area contributed by atoms with Crippen molar-refractivity contribution in [3.8, 4) is 0 Å². The van der Waals surface area contributed by atoms with E-state index in [1.165, 1.54) is 0 Å². The largest absolute Gasteiger partial charge is 0.332 e. The molecule has 144 valence electrons. The molecular weight excluding hydrogens is 338 g/mol. The lowest BCUT2D eigenvalue weighted by Crippen LogP contribution is -2.49. The van der Waals surface area contributed by atoms with Gasteiger partial charge in [-0.1, -0.05) is 48.5 Å². The van der Waals surface area contributed by atoms with Crippen molar-refractivity contribution >= 4 is 17.5 Å². The number of nitrogens with zero attached hydrogens (tertiary/aromatic N) is 2. The Balaban J connectivity index is 1.94. The fourth-order valence-electron chi connectivity index (χ4n) is 2.80. The highest BCUT2D eigenvalue weighted by Crippen LogP contribution is 2.18. The van der Waals surface area contributed by atoms with Crippen LogP contribution in [0.4, 0.5) is 5.69 Å². The highest BCUT2D eigenvalue weighted by molar-refractivity contribution is 5.92. The first-order valence-electron chi connectivity index (χ1n) is 9.13. The Labute approximate surface area is 162 Å². The molecule has 0 heterocycles. The van der Waals surface area contributed by atoms with Crippen LogP contribution in [0, 0.1) is 0 Å². The maximum Gasteiger partial charge on any atom is 0.238 e. The zero-order chi connectivity index (χ0) is 19.9. The summed E-state index contributed by atoms with van der Waals surface area (Å²) in [5, 5.41) is 2.84. The summed E-state index contributed by atoms with van der Waals surface area (Å²) in [6.07, 6.45) is 0. The van der Waals surface area contributed by atoms with Gasteiger partial charge in [-0.05, 0) is 45.5 Å². The number of hydrogen-bond donors (Lipinski definition) is 1. The van der Waals surface area contributed by atoms with Crippen molar-refractivity contribution in [3.05, 3.63) is 66.2 Å². The van der Waals surface area contributed by atoms with Crippen molar-refractivity contribution in [2.45, 2.75) is 32.9 Å². The Morgan fingerprint density at radius 3 is 2.00 bits per heavy atom. The molecule has 5 nitrogen and oxygen atoms in total. The lowest BCUT2D eigenvalue weighted by molar-refractivity contribution is -0.137. The molecule has 0 radical (unpaired) electrons. The van der Waals surface area contributed by atoms with Gasteiger partial charge in [0.25, 0.3) is 0 Å². The Kier molecular flexibility index (Phi) is 7.13. The van der Waals surface area contributed by atoms with Gasteiger partial charge >= 0.3 is 0 Å². The second-order valence-corrected chi connectivity index (χ2v) is 7.72. The van der Waals surface area contributed by atoms with Gasteiger partial charge in [0.05, 0.1) is 13.1 Å². The van der Waals surface area contributed by atoms with Crippen molar-refractivity contribution < 1.29 is 9.59 Å². The molecule has 2 amide bonds. The first kappa shape index (κ1) is 20.6. The second kappa shape index (κ2) is 9.33. The van der Waals surface area contributed by atoms with Gasteiger partial charge < -0.3 is 10.2 Å². The van der Waals surface area contributed by atoms with E-state index in [0.29, 0.717) is 6.54 Å². The summed E-state index contributed by atoms with van der Waals surface area (Å²) in [4.78, 5) is 28.7. The first-order valence-corrected chi connectivity index (χ1v) is 9.13. The van der Waals surface area contributed by atoms with Gasteiger partial charge in [0, 0.05) is 17.8 Å². The number of amides is 2. The van der Waals surface area contributed by atoms with E-state index in [2.05, 4.69) is 5.32 Å². The summed E-state index contributed by atoms with van der Waals surface area (Å²) < 4.78 is 0. The molecule has 0 aromatic heterocycles. The third-order valence-corrected chi connectivity index (χ3v) is 4.17. The van der Waals surface area contributed by atoms with Gasteiger partial charge in [0.15, 0.2) is 0 Å². The van der Waals surface area contributed by atoms with E-state index in [0.717, 1.165) is 11.3 Å². The van der Waals surface area contributed by atoms with Crippen LogP contribution in [-0.2, 0) is 16.1 Å². The van der Waals surface area contributed by atoms with Gasteiger partial charge in [-0.25, -0.2) is 0 Å². The summed E-state index contributed by atoms with van der Waals surface area (Å²) in [6, 6.07) is 19.3. The van der Waals surface area contributed by atoms with Gasteiger partial charge in [0.2, 0.25) is 11.8 Å². The van der Waals surface area contributed by atoms with E-state index in [4.69, 9.17) is 0 Å². The molecule has 0 saturated carbocycles. The lowest BCUT2D eigenvalue weighted by atomic mass is 10.0. The zero-order valence-corrected chi connectivity index (χ0v) is 16.6. The molecule has 0 aliphatic rings. The minimum absolute atomic E-state index is 0.00126. The second-order valence-electron chi connectivity index (χ2n) is 7.72. The summed E-state index contributed by atoms with van der Waals surface area (Å²) >= 11 is 0. The first-order chi connectivity index (χ1) is 12.8. The van der Waals surface area contributed by atoms with Gasteiger partial charge in [-0.3, -0.25) is 14.5 Å². The number of carbonyl (C=O) groups is 2. The van der Waals surface area contributed by atoms with Gasteiger partial charge in [-0.2, -0.15) is 0 Å². The van der Waals surface area contributed by atoms with Crippen molar-refractivity contribution in [3.63, 3.8) is 0 Å². The zero-order valence-electron chi connectivity index (χ0n) is 16.6. The molecule has 0 bridgehead atoms. The van der Waals surface area contributed by atoms with Crippen LogP contribution in [0.15, 0.2) is 60.7 Å². The van der Waals surface area contributed by atoms with Crippen LogP contribution in [-0.4, -0.2) is 47.3 Å². The Bertz CT molecular complexity index is 739. The Morgan fingerprint density at radius 2 is 1.44 bits per heavy atom. The summed E-state index contributed by atoms with van der Waals surface area (Å²) in [6.45, 7) is 6.96. The van der Waals surface area contributed by atoms with E-state index < -0.39 is 0 Å². The van der Waals surface area contributed by atoms with Crippen molar-refractivity contribution in [2.75, 3.05) is 25.5 Å². The average Bonchev–Trinajstić information content (AvgIpc) is 2.60. The minimum atomic E-state index is -0.305. The maximum atomic E-state index is 12.9. The van der Waals surface area contributed by atoms with Crippen LogP contribution >= 0.6 is 0 Å². The molecule has 0 unspecified atom stereocenters. The molecule has 0 aliphatic heterocycles. The van der Waals surface area contributed by atoms with Crippen LogP contribution in [0.3, 0.4) is 0 Å². The average molecular weight is 367 g/mol.